The first kappa shape index (κ1) is 12.0. The molecule has 2 aromatic rings. The first-order valence-corrected chi connectivity index (χ1v) is 6.18. The summed E-state index contributed by atoms with van der Waals surface area (Å²) in [5.74, 6) is -0.439. The number of rotatable bonds is 2. The van der Waals surface area contributed by atoms with Crippen LogP contribution < -0.4 is 0 Å². The first-order chi connectivity index (χ1) is 7.99. The average molecular weight is 248 g/mol. The maximum atomic E-state index is 13.4. The number of halogens is 1. The standard InChI is InChI=1S/C14H13FOS/c1-8-4-5-11(7-13(8)15)14(16)12-6-9(2)17-10(12)3/h4-7H,1-3H3. The van der Waals surface area contributed by atoms with Crippen LogP contribution in [0.25, 0.3) is 0 Å². The summed E-state index contributed by atoms with van der Waals surface area (Å²) in [5.41, 5.74) is 1.64. The zero-order valence-corrected chi connectivity index (χ0v) is 10.8. The van der Waals surface area contributed by atoms with Crippen molar-refractivity contribution in [1.29, 1.82) is 0 Å². The largest absolute Gasteiger partial charge is 0.289 e. The van der Waals surface area contributed by atoms with Crippen molar-refractivity contribution in [2.45, 2.75) is 20.8 Å². The lowest BCUT2D eigenvalue weighted by Crippen LogP contribution is -2.02. The minimum absolute atomic E-state index is 0.106. The summed E-state index contributed by atoms with van der Waals surface area (Å²) in [5, 5.41) is 0. The lowest BCUT2D eigenvalue weighted by Gasteiger charge is -2.02. The number of carbonyl (C=O) groups excluding carboxylic acids is 1. The highest BCUT2D eigenvalue weighted by Gasteiger charge is 2.15. The SMILES string of the molecule is Cc1cc(C(=O)c2ccc(C)c(F)c2)c(C)s1. The van der Waals surface area contributed by atoms with Gasteiger partial charge in [-0.15, -0.1) is 11.3 Å². The Morgan fingerprint density at radius 2 is 1.88 bits per heavy atom. The van der Waals surface area contributed by atoms with Crippen LogP contribution in [0.15, 0.2) is 24.3 Å². The van der Waals surface area contributed by atoms with Crippen LogP contribution in [0.1, 0.15) is 31.2 Å². The summed E-state index contributed by atoms with van der Waals surface area (Å²) in [6.07, 6.45) is 0. The molecular weight excluding hydrogens is 235 g/mol. The number of thiophene rings is 1. The molecule has 0 aliphatic carbocycles. The van der Waals surface area contributed by atoms with Crippen molar-refractivity contribution >= 4 is 17.1 Å². The Morgan fingerprint density at radius 1 is 1.18 bits per heavy atom. The van der Waals surface area contributed by atoms with E-state index in [4.69, 9.17) is 0 Å². The molecule has 88 valence electrons. The molecule has 1 nitrogen and oxygen atoms in total. The van der Waals surface area contributed by atoms with Crippen molar-refractivity contribution in [3.63, 3.8) is 0 Å². The molecular formula is C14H13FOS. The van der Waals surface area contributed by atoms with Gasteiger partial charge in [-0.1, -0.05) is 12.1 Å². The van der Waals surface area contributed by atoms with Gasteiger partial charge in [0, 0.05) is 20.9 Å². The molecule has 0 N–H and O–H groups in total. The third-order valence-corrected chi connectivity index (χ3v) is 3.69. The highest BCUT2D eigenvalue weighted by molar-refractivity contribution is 7.12. The second-order valence-electron chi connectivity index (χ2n) is 4.12. The topological polar surface area (TPSA) is 17.1 Å². The van der Waals surface area contributed by atoms with E-state index in [0.717, 1.165) is 9.75 Å². The molecule has 0 aliphatic heterocycles. The third-order valence-electron chi connectivity index (χ3n) is 2.72. The molecule has 17 heavy (non-hydrogen) atoms. The van der Waals surface area contributed by atoms with Crippen molar-refractivity contribution < 1.29 is 9.18 Å². The van der Waals surface area contributed by atoms with Crippen molar-refractivity contribution in [1.82, 2.24) is 0 Å². The molecule has 0 bridgehead atoms. The number of hydrogen-bond donors (Lipinski definition) is 0. The summed E-state index contributed by atoms with van der Waals surface area (Å²) in [6, 6.07) is 6.48. The van der Waals surface area contributed by atoms with Crippen LogP contribution in [0, 0.1) is 26.6 Å². The molecule has 0 atom stereocenters. The van der Waals surface area contributed by atoms with Crippen molar-refractivity contribution in [2.24, 2.45) is 0 Å². The van der Waals surface area contributed by atoms with E-state index in [0.29, 0.717) is 16.7 Å². The van der Waals surface area contributed by atoms with Gasteiger partial charge in [0.2, 0.25) is 0 Å². The molecule has 0 saturated carbocycles. The van der Waals surface area contributed by atoms with E-state index in [1.54, 1.807) is 30.4 Å². The minimum Gasteiger partial charge on any atom is -0.289 e. The van der Waals surface area contributed by atoms with Crippen LogP contribution in [0.5, 0.6) is 0 Å². The second kappa shape index (κ2) is 4.41. The lowest BCUT2D eigenvalue weighted by atomic mass is 10.0. The summed E-state index contributed by atoms with van der Waals surface area (Å²) in [6.45, 7) is 5.56. The zero-order valence-electron chi connectivity index (χ0n) is 10.0. The second-order valence-corrected chi connectivity index (χ2v) is 5.58. The van der Waals surface area contributed by atoms with Gasteiger partial charge in [-0.2, -0.15) is 0 Å². The van der Waals surface area contributed by atoms with Crippen molar-refractivity contribution in [3.8, 4) is 0 Å². The number of hydrogen-bond acceptors (Lipinski definition) is 2. The van der Waals surface area contributed by atoms with E-state index in [1.165, 1.54) is 6.07 Å². The maximum Gasteiger partial charge on any atom is 0.194 e. The number of carbonyl (C=O) groups is 1. The van der Waals surface area contributed by atoms with E-state index in [1.807, 2.05) is 19.9 Å². The van der Waals surface area contributed by atoms with Gasteiger partial charge >= 0.3 is 0 Å². The summed E-state index contributed by atoms with van der Waals surface area (Å²) >= 11 is 1.58. The minimum atomic E-state index is -0.333. The number of ketones is 1. The van der Waals surface area contributed by atoms with Gasteiger partial charge in [-0.05, 0) is 38.5 Å². The normalized spacial score (nSPS) is 10.6. The van der Waals surface area contributed by atoms with E-state index < -0.39 is 0 Å². The summed E-state index contributed by atoms with van der Waals surface area (Å²) < 4.78 is 13.4. The van der Waals surface area contributed by atoms with Gasteiger partial charge in [0.15, 0.2) is 5.78 Å². The van der Waals surface area contributed by atoms with Crippen LogP contribution in [0.3, 0.4) is 0 Å². The van der Waals surface area contributed by atoms with Gasteiger partial charge in [-0.3, -0.25) is 4.79 Å². The Balaban J connectivity index is 2.44. The predicted molar refractivity (Wildman–Crippen MR) is 68.4 cm³/mol. The van der Waals surface area contributed by atoms with Gasteiger partial charge in [0.25, 0.3) is 0 Å². The molecule has 1 aromatic carbocycles. The van der Waals surface area contributed by atoms with Crippen molar-refractivity contribution in [3.05, 3.63) is 56.5 Å². The Kier molecular flexibility index (Phi) is 3.11. The summed E-state index contributed by atoms with van der Waals surface area (Å²) in [4.78, 5) is 14.3. The molecule has 0 amide bonds. The Hall–Kier alpha value is -1.48. The molecule has 0 fully saturated rings. The Bertz CT molecular complexity index is 584. The molecule has 0 radical (unpaired) electrons. The highest BCUT2D eigenvalue weighted by atomic mass is 32.1. The fraction of sp³-hybridized carbons (Fsp3) is 0.214. The van der Waals surface area contributed by atoms with Crippen LogP contribution in [0.4, 0.5) is 4.39 Å². The fourth-order valence-corrected chi connectivity index (χ4v) is 2.67. The molecule has 0 unspecified atom stereocenters. The molecule has 0 aliphatic rings. The Morgan fingerprint density at radius 3 is 2.41 bits per heavy atom. The molecule has 1 aromatic heterocycles. The summed E-state index contributed by atoms with van der Waals surface area (Å²) in [7, 11) is 0. The van der Waals surface area contributed by atoms with Gasteiger partial charge < -0.3 is 0 Å². The average Bonchev–Trinajstić information content (AvgIpc) is 2.61. The van der Waals surface area contributed by atoms with Gasteiger partial charge in [0.1, 0.15) is 5.82 Å². The third kappa shape index (κ3) is 2.29. The monoisotopic (exact) mass is 248 g/mol. The zero-order chi connectivity index (χ0) is 12.6. The molecule has 0 saturated heterocycles. The number of benzene rings is 1. The molecule has 3 heteroatoms. The smallest absolute Gasteiger partial charge is 0.194 e. The first-order valence-electron chi connectivity index (χ1n) is 5.37. The van der Waals surface area contributed by atoms with E-state index in [2.05, 4.69) is 0 Å². The number of aryl methyl sites for hydroxylation is 3. The van der Waals surface area contributed by atoms with Gasteiger partial charge in [-0.25, -0.2) is 4.39 Å². The van der Waals surface area contributed by atoms with Crippen molar-refractivity contribution in [2.75, 3.05) is 0 Å². The molecule has 1 heterocycles. The van der Waals surface area contributed by atoms with E-state index >= 15 is 0 Å². The van der Waals surface area contributed by atoms with Crippen LogP contribution in [0.2, 0.25) is 0 Å². The highest BCUT2D eigenvalue weighted by Crippen LogP contribution is 2.23. The quantitative estimate of drug-likeness (QED) is 0.733. The van der Waals surface area contributed by atoms with Gasteiger partial charge in [0.05, 0.1) is 0 Å². The van der Waals surface area contributed by atoms with E-state index in [-0.39, 0.29) is 11.6 Å². The maximum absolute atomic E-state index is 13.4. The fourth-order valence-electron chi connectivity index (χ4n) is 1.75. The van der Waals surface area contributed by atoms with Crippen LogP contribution in [-0.4, -0.2) is 5.78 Å². The molecule has 2 rings (SSSR count). The Labute approximate surface area is 104 Å². The lowest BCUT2D eigenvalue weighted by molar-refractivity contribution is 0.103. The van der Waals surface area contributed by atoms with Crippen LogP contribution in [-0.2, 0) is 0 Å². The van der Waals surface area contributed by atoms with E-state index in [9.17, 15) is 9.18 Å². The van der Waals surface area contributed by atoms with Crippen LogP contribution >= 0.6 is 11.3 Å². The molecule has 0 spiro atoms. The predicted octanol–water partition coefficient (Wildman–Crippen LogP) is 4.04.